The van der Waals surface area contributed by atoms with Crippen molar-refractivity contribution in [2.75, 3.05) is 5.32 Å². The average Bonchev–Trinajstić information content (AvgIpc) is 3.07. The van der Waals surface area contributed by atoms with Gasteiger partial charge in [-0.15, -0.1) is 10.2 Å². The molecule has 8 heteroatoms. The first-order chi connectivity index (χ1) is 10.1. The van der Waals surface area contributed by atoms with Crippen LogP contribution in [0, 0.1) is 0 Å². The first kappa shape index (κ1) is 13.3. The number of nitrogens with one attached hydrogen (secondary N) is 2. The number of aromatic carboxylic acids is 1. The summed E-state index contributed by atoms with van der Waals surface area (Å²) in [7, 11) is 0. The summed E-state index contributed by atoms with van der Waals surface area (Å²) in [5.74, 6) is -1.43. The van der Waals surface area contributed by atoms with E-state index in [1.807, 2.05) is 0 Å². The third-order valence-electron chi connectivity index (χ3n) is 2.97. The number of amides is 1. The van der Waals surface area contributed by atoms with Gasteiger partial charge in [-0.2, -0.15) is 0 Å². The minimum Gasteiger partial charge on any atom is -0.477 e. The first-order valence-corrected chi connectivity index (χ1v) is 6.92. The van der Waals surface area contributed by atoms with E-state index in [1.54, 1.807) is 24.3 Å². The Labute approximate surface area is 122 Å². The van der Waals surface area contributed by atoms with Crippen molar-refractivity contribution in [3.63, 3.8) is 0 Å². The van der Waals surface area contributed by atoms with E-state index in [4.69, 9.17) is 0 Å². The highest BCUT2D eigenvalue weighted by molar-refractivity contribution is 7.13. The van der Waals surface area contributed by atoms with Crippen molar-refractivity contribution < 1.29 is 14.7 Å². The molecule has 0 fully saturated rings. The van der Waals surface area contributed by atoms with Gasteiger partial charge in [-0.25, -0.2) is 4.79 Å². The molecule has 0 atom stereocenters. The Morgan fingerprint density at radius 3 is 2.86 bits per heavy atom. The van der Waals surface area contributed by atoms with Crippen molar-refractivity contribution in [1.29, 1.82) is 0 Å². The molecule has 0 saturated heterocycles. The second-order valence-electron chi connectivity index (χ2n) is 4.30. The van der Waals surface area contributed by atoms with Gasteiger partial charge in [0.1, 0.15) is 11.2 Å². The molecule has 0 aliphatic rings. The van der Waals surface area contributed by atoms with Crippen LogP contribution in [0.2, 0.25) is 0 Å². The number of carboxylic acid groups (broad SMARTS) is 1. The number of H-pyrrole nitrogens is 1. The Bertz CT molecular complexity index is 810. The number of carboxylic acids is 1. The number of aromatic amines is 1. The standard InChI is InChI=1S/C13H10N4O3S/c18-10(16-13-17-14-6-21-13)5-8-7-3-1-2-4-9(7)15-11(8)12(19)20/h1-4,6,15H,5H2,(H,19,20)(H,16,17,18). The average molecular weight is 302 g/mol. The van der Waals surface area contributed by atoms with E-state index < -0.39 is 5.97 Å². The molecule has 0 unspecified atom stereocenters. The van der Waals surface area contributed by atoms with Gasteiger partial charge in [0.2, 0.25) is 11.0 Å². The van der Waals surface area contributed by atoms with Gasteiger partial charge in [-0.1, -0.05) is 29.5 Å². The third-order valence-corrected chi connectivity index (χ3v) is 3.58. The molecular weight excluding hydrogens is 292 g/mol. The molecule has 0 radical (unpaired) electrons. The lowest BCUT2D eigenvalue weighted by molar-refractivity contribution is -0.115. The maximum absolute atomic E-state index is 12.0. The molecule has 3 N–H and O–H groups in total. The number of carbonyl (C=O) groups excluding carboxylic acids is 1. The van der Waals surface area contributed by atoms with Crippen LogP contribution in [-0.4, -0.2) is 32.2 Å². The summed E-state index contributed by atoms with van der Waals surface area (Å²) in [5, 5.41) is 20.3. The Morgan fingerprint density at radius 2 is 2.14 bits per heavy atom. The maximum Gasteiger partial charge on any atom is 0.352 e. The molecule has 0 aliphatic carbocycles. The van der Waals surface area contributed by atoms with Crippen LogP contribution in [0.5, 0.6) is 0 Å². The third kappa shape index (κ3) is 2.61. The van der Waals surface area contributed by atoms with E-state index >= 15 is 0 Å². The van der Waals surface area contributed by atoms with Crippen LogP contribution in [0.15, 0.2) is 29.8 Å². The Balaban J connectivity index is 1.93. The summed E-state index contributed by atoms with van der Waals surface area (Å²) in [6, 6.07) is 7.16. The lowest BCUT2D eigenvalue weighted by atomic mass is 10.1. The zero-order valence-corrected chi connectivity index (χ0v) is 11.5. The van der Waals surface area contributed by atoms with E-state index in [1.165, 1.54) is 16.8 Å². The Hall–Kier alpha value is -2.74. The van der Waals surface area contributed by atoms with Gasteiger partial charge in [0.05, 0.1) is 6.42 Å². The predicted octanol–water partition coefficient (Wildman–Crippen LogP) is 1.90. The highest BCUT2D eigenvalue weighted by Crippen LogP contribution is 2.23. The van der Waals surface area contributed by atoms with E-state index in [-0.39, 0.29) is 18.0 Å². The molecule has 106 valence electrons. The van der Waals surface area contributed by atoms with Gasteiger partial charge < -0.3 is 15.4 Å². The monoisotopic (exact) mass is 302 g/mol. The van der Waals surface area contributed by atoms with Crippen molar-refractivity contribution >= 4 is 39.2 Å². The van der Waals surface area contributed by atoms with Crippen molar-refractivity contribution in [2.45, 2.75) is 6.42 Å². The number of carbonyl (C=O) groups is 2. The van der Waals surface area contributed by atoms with Crippen molar-refractivity contribution in [3.8, 4) is 0 Å². The van der Waals surface area contributed by atoms with Gasteiger partial charge in [-0.3, -0.25) is 4.79 Å². The van der Waals surface area contributed by atoms with Crippen LogP contribution in [-0.2, 0) is 11.2 Å². The Morgan fingerprint density at radius 1 is 1.33 bits per heavy atom. The minimum atomic E-state index is -1.09. The number of aromatic nitrogens is 3. The van der Waals surface area contributed by atoms with Crippen LogP contribution in [0.1, 0.15) is 16.1 Å². The van der Waals surface area contributed by atoms with Gasteiger partial charge in [0, 0.05) is 16.5 Å². The number of benzene rings is 1. The minimum absolute atomic E-state index is 0.0311. The summed E-state index contributed by atoms with van der Waals surface area (Å²) in [5.41, 5.74) is 2.68. The van der Waals surface area contributed by atoms with Crippen molar-refractivity contribution in [3.05, 3.63) is 41.0 Å². The number of para-hydroxylation sites is 1. The van der Waals surface area contributed by atoms with E-state index in [9.17, 15) is 14.7 Å². The highest BCUT2D eigenvalue weighted by atomic mass is 32.1. The van der Waals surface area contributed by atoms with Crippen LogP contribution in [0.4, 0.5) is 5.13 Å². The molecule has 0 aliphatic heterocycles. The second-order valence-corrected chi connectivity index (χ2v) is 5.13. The number of nitrogens with zero attached hydrogens (tertiary/aromatic N) is 2. The number of anilines is 1. The summed E-state index contributed by atoms with van der Waals surface area (Å²) >= 11 is 1.20. The van der Waals surface area contributed by atoms with Crippen LogP contribution in [0.3, 0.4) is 0 Å². The number of fused-ring (bicyclic) bond motifs is 1. The molecule has 3 rings (SSSR count). The SMILES string of the molecule is O=C(Cc1c(C(=O)O)[nH]c2ccccc12)Nc1nncs1. The van der Waals surface area contributed by atoms with E-state index in [0.29, 0.717) is 16.2 Å². The zero-order chi connectivity index (χ0) is 14.8. The summed E-state index contributed by atoms with van der Waals surface area (Å²) < 4.78 is 0. The van der Waals surface area contributed by atoms with E-state index in [2.05, 4.69) is 20.5 Å². The second kappa shape index (κ2) is 5.33. The first-order valence-electron chi connectivity index (χ1n) is 6.04. The van der Waals surface area contributed by atoms with E-state index in [0.717, 1.165) is 5.39 Å². The molecule has 2 heterocycles. The number of rotatable bonds is 4. The fourth-order valence-corrected chi connectivity index (χ4v) is 2.58. The number of hydrogen-bond donors (Lipinski definition) is 3. The predicted molar refractivity (Wildman–Crippen MR) is 77.5 cm³/mol. The molecule has 1 aromatic carbocycles. The lowest BCUT2D eigenvalue weighted by Gasteiger charge is -2.02. The molecule has 0 bridgehead atoms. The van der Waals surface area contributed by atoms with Crippen LogP contribution < -0.4 is 5.32 Å². The van der Waals surface area contributed by atoms with Gasteiger partial charge in [0.15, 0.2) is 0 Å². The molecule has 1 amide bonds. The highest BCUT2D eigenvalue weighted by Gasteiger charge is 2.19. The molecule has 7 nitrogen and oxygen atoms in total. The Kier molecular flexibility index (Phi) is 3.36. The summed E-state index contributed by atoms with van der Waals surface area (Å²) in [6.45, 7) is 0. The topological polar surface area (TPSA) is 108 Å². The lowest BCUT2D eigenvalue weighted by Crippen LogP contribution is -2.16. The summed E-state index contributed by atoms with van der Waals surface area (Å²) in [6.07, 6.45) is -0.0504. The molecule has 0 spiro atoms. The zero-order valence-electron chi connectivity index (χ0n) is 10.7. The maximum atomic E-state index is 12.0. The summed E-state index contributed by atoms with van der Waals surface area (Å²) in [4.78, 5) is 26.1. The van der Waals surface area contributed by atoms with Gasteiger partial charge >= 0.3 is 5.97 Å². The van der Waals surface area contributed by atoms with Gasteiger partial charge in [0.25, 0.3) is 0 Å². The molecule has 3 aromatic rings. The molecule has 0 saturated carbocycles. The molecule has 21 heavy (non-hydrogen) atoms. The largest absolute Gasteiger partial charge is 0.477 e. The molecular formula is C13H10N4O3S. The van der Waals surface area contributed by atoms with Crippen molar-refractivity contribution in [2.24, 2.45) is 0 Å². The van der Waals surface area contributed by atoms with Crippen molar-refractivity contribution in [1.82, 2.24) is 15.2 Å². The fraction of sp³-hybridized carbons (Fsp3) is 0.0769. The van der Waals surface area contributed by atoms with Crippen LogP contribution >= 0.6 is 11.3 Å². The van der Waals surface area contributed by atoms with Crippen LogP contribution in [0.25, 0.3) is 10.9 Å². The quantitative estimate of drug-likeness (QED) is 0.682. The smallest absolute Gasteiger partial charge is 0.352 e. The normalized spacial score (nSPS) is 10.7. The number of hydrogen-bond acceptors (Lipinski definition) is 5. The molecule has 2 aromatic heterocycles. The van der Waals surface area contributed by atoms with Gasteiger partial charge in [-0.05, 0) is 6.07 Å². The fourth-order valence-electron chi connectivity index (χ4n) is 2.12.